The zero-order chi connectivity index (χ0) is 48.4. The van der Waals surface area contributed by atoms with Crippen molar-refractivity contribution < 1.29 is 22.7 Å². The molecule has 1 fully saturated rings. The zero-order valence-corrected chi connectivity index (χ0v) is 43.3. The predicted molar refractivity (Wildman–Crippen MR) is 298 cm³/mol. The van der Waals surface area contributed by atoms with Gasteiger partial charge in [0.1, 0.15) is 0 Å². The van der Waals surface area contributed by atoms with Gasteiger partial charge in [0.25, 0.3) is 0 Å². The second-order valence-electron chi connectivity index (χ2n) is 17.3. The minimum atomic E-state index is -2.54. The molecule has 8 aromatic carbocycles. The number of aromatic nitrogens is 1. The van der Waals surface area contributed by atoms with Gasteiger partial charge in [-0.05, 0) is 35.7 Å². The van der Waals surface area contributed by atoms with Crippen molar-refractivity contribution in [2.75, 3.05) is 13.2 Å². The average Bonchev–Trinajstić information content (AvgIpc) is 4.06. The van der Waals surface area contributed by atoms with E-state index in [9.17, 15) is 0 Å². The Morgan fingerprint density at radius 1 is 0.507 bits per heavy atom. The third-order valence-corrected chi connectivity index (χ3v) is 18.4. The first-order valence-corrected chi connectivity index (χ1v) is 27.1. The molecule has 1 aromatic heterocycles. The number of ether oxygens (including phenoxy) is 1. The SMILES string of the molecule is CC=C1COCC1=CC(C#Cc1ccc(-c2c(-c3ccccc3)c(-c3ccccc3)c(-c3ccc(/C=C/C)cc3)n2-c2ccccc2)cc1)=C([C]#[Os])[P+](c1ccccc1)(c1ccccc1)c1ccccc1. The molecule has 1 saturated heterocycles. The van der Waals surface area contributed by atoms with E-state index in [1.54, 1.807) is 17.9 Å². The van der Waals surface area contributed by atoms with Gasteiger partial charge in [-0.3, -0.25) is 0 Å². The number of benzene rings is 8. The van der Waals surface area contributed by atoms with Gasteiger partial charge < -0.3 is 0 Å². The zero-order valence-electron chi connectivity index (χ0n) is 39.8. The summed E-state index contributed by atoms with van der Waals surface area (Å²) in [4.78, 5) is 0. The summed E-state index contributed by atoms with van der Waals surface area (Å²) in [7, 11) is -2.54. The van der Waals surface area contributed by atoms with Gasteiger partial charge in [-0.1, -0.05) is 115 Å². The fourth-order valence-corrected chi connectivity index (χ4v) is 15.5. The van der Waals surface area contributed by atoms with Crippen LogP contribution < -0.4 is 15.9 Å². The molecule has 1 aliphatic heterocycles. The first-order valence-electron chi connectivity index (χ1n) is 24.0. The molecule has 0 aliphatic carbocycles. The van der Waals surface area contributed by atoms with E-state index in [-0.39, 0.29) is 0 Å². The van der Waals surface area contributed by atoms with Crippen molar-refractivity contribution in [2.45, 2.75) is 13.8 Å². The molecule has 0 atom stereocenters. The van der Waals surface area contributed by atoms with Gasteiger partial charge in [-0.25, -0.2) is 0 Å². The van der Waals surface area contributed by atoms with Crippen LogP contribution in [0, 0.1) is 16.2 Å². The fourth-order valence-electron chi connectivity index (χ4n) is 9.80. The van der Waals surface area contributed by atoms with Crippen LogP contribution in [0.2, 0.25) is 0 Å². The van der Waals surface area contributed by atoms with Gasteiger partial charge >= 0.3 is 281 Å². The fraction of sp³-hybridized carbons (Fsp3) is 0.0597. The van der Waals surface area contributed by atoms with Crippen molar-refractivity contribution in [3.8, 4) is 66.7 Å². The van der Waals surface area contributed by atoms with Crippen molar-refractivity contribution in [3.63, 3.8) is 0 Å². The molecule has 0 amide bonds. The second-order valence-corrected chi connectivity index (χ2v) is 21.3. The minimum absolute atomic E-state index is 0.532. The van der Waals surface area contributed by atoms with Crippen molar-refractivity contribution in [1.82, 2.24) is 4.57 Å². The van der Waals surface area contributed by atoms with Gasteiger partial charge in [0.2, 0.25) is 0 Å². The Morgan fingerprint density at radius 2 is 0.944 bits per heavy atom. The summed E-state index contributed by atoms with van der Waals surface area (Å²) in [6, 6.07) is 83.2. The molecule has 4 heteroatoms. The molecule has 0 saturated carbocycles. The Balaban J connectivity index is 1.22. The van der Waals surface area contributed by atoms with E-state index < -0.39 is 7.26 Å². The van der Waals surface area contributed by atoms with Crippen LogP contribution in [0.5, 0.6) is 0 Å². The van der Waals surface area contributed by atoms with Crippen LogP contribution in [0.3, 0.4) is 0 Å². The maximum atomic E-state index is 6.08. The maximum absolute atomic E-state index is 6.08. The van der Waals surface area contributed by atoms with Gasteiger partial charge in [-0.2, -0.15) is 0 Å². The van der Waals surface area contributed by atoms with Crippen LogP contribution >= 0.6 is 7.26 Å². The molecule has 0 bridgehead atoms. The molecule has 0 radical (unpaired) electrons. The monoisotopic (exact) mass is 1110 g/mol. The van der Waals surface area contributed by atoms with E-state index in [0.29, 0.717) is 13.2 Å². The molecular formula is C67H52NOOsP+. The molecular weight excluding hydrogens is 1060 g/mol. The topological polar surface area (TPSA) is 14.2 Å². The van der Waals surface area contributed by atoms with Crippen LogP contribution in [-0.2, 0) is 22.7 Å². The van der Waals surface area contributed by atoms with Crippen LogP contribution in [-0.4, -0.2) is 17.8 Å². The van der Waals surface area contributed by atoms with Crippen molar-refractivity contribution >= 4 is 29.3 Å². The number of nitrogens with zero attached hydrogens (tertiary/aromatic N) is 1. The summed E-state index contributed by atoms with van der Waals surface area (Å²) in [6.45, 7) is 5.27. The number of allylic oxidation sites excluding steroid dienone is 5. The molecule has 10 rings (SSSR count). The van der Waals surface area contributed by atoms with Gasteiger partial charge in [0.15, 0.2) is 0 Å². The van der Waals surface area contributed by atoms with E-state index >= 15 is 0 Å². The normalized spacial score (nSPS) is 14.0. The summed E-state index contributed by atoms with van der Waals surface area (Å²) < 4.78 is 12.4. The van der Waals surface area contributed by atoms with Crippen molar-refractivity contribution in [3.05, 3.63) is 282 Å². The number of para-hydroxylation sites is 1. The summed E-state index contributed by atoms with van der Waals surface area (Å²) >= 11 is 1.78. The Bertz CT molecular complexity index is 3420. The number of rotatable bonds is 11. The van der Waals surface area contributed by atoms with E-state index in [4.69, 9.17) is 4.74 Å². The molecule has 9 aromatic rings. The van der Waals surface area contributed by atoms with Crippen LogP contribution in [0.15, 0.2) is 271 Å². The van der Waals surface area contributed by atoms with E-state index in [1.165, 1.54) is 38.2 Å². The van der Waals surface area contributed by atoms with E-state index in [1.807, 2.05) is 0 Å². The Labute approximate surface area is 429 Å². The van der Waals surface area contributed by atoms with E-state index in [2.05, 4.69) is 289 Å². The number of hydrogen-bond acceptors (Lipinski definition) is 1. The van der Waals surface area contributed by atoms with Crippen LogP contribution in [0.1, 0.15) is 25.0 Å². The Hall–Kier alpha value is -7.63. The predicted octanol–water partition coefficient (Wildman–Crippen LogP) is 15.2. The van der Waals surface area contributed by atoms with E-state index in [0.717, 1.165) is 61.4 Å². The Kier molecular flexibility index (Phi) is 14.6. The summed E-state index contributed by atoms with van der Waals surface area (Å²) in [6.07, 6.45) is 8.68. The molecule has 0 N–H and O–H groups in total. The molecule has 1 aliphatic rings. The van der Waals surface area contributed by atoms with Gasteiger partial charge in [0, 0.05) is 0 Å². The third-order valence-electron chi connectivity index (χ3n) is 13.1. The molecule has 0 unspecified atom stereocenters. The molecule has 2 heterocycles. The van der Waals surface area contributed by atoms with Crippen LogP contribution in [0.4, 0.5) is 0 Å². The summed E-state index contributed by atoms with van der Waals surface area (Å²) in [5.41, 5.74) is 15.6. The summed E-state index contributed by atoms with van der Waals surface area (Å²) in [5, 5.41) is 4.86. The first-order chi connectivity index (χ1) is 35.1. The van der Waals surface area contributed by atoms with Crippen molar-refractivity contribution in [2.24, 2.45) is 0 Å². The molecule has 343 valence electrons. The molecule has 2 nitrogen and oxygen atoms in total. The van der Waals surface area contributed by atoms with Crippen LogP contribution in [0.25, 0.3) is 56.5 Å². The molecule has 0 spiro atoms. The first kappa shape index (κ1) is 47.1. The quantitative estimate of drug-likeness (QED) is 0.0930. The van der Waals surface area contributed by atoms with Gasteiger partial charge in [0.05, 0.1) is 0 Å². The Morgan fingerprint density at radius 3 is 1.39 bits per heavy atom. The summed E-state index contributed by atoms with van der Waals surface area (Å²) in [5.74, 6) is 7.51. The third kappa shape index (κ3) is 9.54. The number of hydrogen-bond donors (Lipinski definition) is 0. The van der Waals surface area contributed by atoms with Gasteiger partial charge in [-0.15, -0.1) is 0 Å². The second kappa shape index (κ2) is 22.0. The average molecular weight is 1110 g/mol. The standard InChI is InChI=1S/C67H52NOP.Os/c1-4-24-51-37-42-56(43-38-51)66-64(54-25-12-6-13-26-54)65(55-27-14-7-15-28-55)67(68(66)60-29-16-8-17-30-60)57-44-39-52(40-45-57)41-46-58(47-59-49-69-48-53(59)5-2)50(3)70(61-31-18-9-19-32-61,62-33-20-10-21-34-62)63-35-22-11-23-36-63;/h4-40,42-45,47H,48-49H2,1-2H3;/q+1;/b24-4+,53-5?,58-50?,59-47?;. The van der Waals surface area contributed by atoms with Crippen molar-refractivity contribution in [1.29, 1.82) is 0 Å². The molecule has 71 heavy (non-hydrogen) atoms.